The zero-order chi connectivity index (χ0) is 21.2. The summed E-state index contributed by atoms with van der Waals surface area (Å²) in [6.07, 6.45) is 7.34. The zero-order valence-corrected chi connectivity index (χ0v) is 18.3. The Labute approximate surface area is 186 Å². The number of fused-ring (bicyclic) bond motifs is 2. The van der Waals surface area contributed by atoms with E-state index in [4.69, 9.17) is 0 Å². The van der Waals surface area contributed by atoms with Crippen LogP contribution in [0.1, 0.15) is 38.5 Å². The van der Waals surface area contributed by atoms with Crippen LogP contribution in [0.4, 0.5) is 4.39 Å². The number of amides is 1. The SMILES string of the molecule is O=C(CSc1nnc(-c2ccc(F)cc2)c2ccccc12)N1CCCC2CCCCC21. The van der Waals surface area contributed by atoms with E-state index < -0.39 is 0 Å². The average Bonchev–Trinajstić information content (AvgIpc) is 2.82. The minimum atomic E-state index is -0.273. The highest BCUT2D eigenvalue weighted by molar-refractivity contribution is 8.00. The van der Waals surface area contributed by atoms with Crippen LogP contribution < -0.4 is 0 Å². The van der Waals surface area contributed by atoms with E-state index in [9.17, 15) is 9.18 Å². The number of piperidine rings is 1. The van der Waals surface area contributed by atoms with Crippen LogP contribution in [0.5, 0.6) is 0 Å². The van der Waals surface area contributed by atoms with Crippen LogP contribution in [0.2, 0.25) is 0 Å². The molecule has 6 heteroatoms. The van der Waals surface area contributed by atoms with Gasteiger partial charge in [0.25, 0.3) is 0 Å². The predicted molar refractivity (Wildman–Crippen MR) is 122 cm³/mol. The van der Waals surface area contributed by atoms with Crippen LogP contribution in [0.3, 0.4) is 0 Å². The number of halogens is 1. The van der Waals surface area contributed by atoms with Crippen LogP contribution in [-0.2, 0) is 4.79 Å². The Morgan fingerprint density at radius 3 is 2.55 bits per heavy atom. The van der Waals surface area contributed by atoms with E-state index in [2.05, 4.69) is 15.1 Å². The number of aromatic nitrogens is 2. The highest BCUT2D eigenvalue weighted by atomic mass is 32.2. The molecule has 2 atom stereocenters. The fourth-order valence-electron chi connectivity index (χ4n) is 5.15. The third kappa shape index (κ3) is 4.18. The molecule has 2 aromatic carbocycles. The molecule has 1 saturated carbocycles. The number of hydrogen-bond donors (Lipinski definition) is 0. The van der Waals surface area contributed by atoms with Gasteiger partial charge in [-0.15, -0.1) is 10.2 Å². The van der Waals surface area contributed by atoms with Crippen LogP contribution in [-0.4, -0.2) is 39.3 Å². The van der Waals surface area contributed by atoms with E-state index in [-0.39, 0.29) is 11.7 Å². The molecule has 160 valence electrons. The maximum absolute atomic E-state index is 13.3. The van der Waals surface area contributed by atoms with Crippen LogP contribution in [0.25, 0.3) is 22.0 Å². The van der Waals surface area contributed by atoms with E-state index in [1.54, 1.807) is 12.1 Å². The van der Waals surface area contributed by atoms with Crippen molar-refractivity contribution < 1.29 is 9.18 Å². The Hall–Kier alpha value is -2.47. The van der Waals surface area contributed by atoms with E-state index in [0.29, 0.717) is 17.7 Å². The fourth-order valence-corrected chi connectivity index (χ4v) is 6.01. The highest BCUT2D eigenvalue weighted by Crippen LogP contribution is 2.36. The second kappa shape index (κ2) is 8.95. The summed E-state index contributed by atoms with van der Waals surface area (Å²) < 4.78 is 13.3. The number of rotatable bonds is 4. The largest absolute Gasteiger partial charge is 0.339 e. The summed E-state index contributed by atoms with van der Waals surface area (Å²) in [6.45, 7) is 0.885. The fraction of sp³-hybridized carbons (Fsp3) is 0.400. The quantitative estimate of drug-likeness (QED) is 0.493. The molecule has 1 amide bonds. The van der Waals surface area contributed by atoms with Gasteiger partial charge in [0.15, 0.2) is 0 Å². The average molecular weight is 436 g/mol. The Balaban J connectivity index is 1.37. The third-order valence-corrected chi connectivity index (χ3v) is 7.63. The standard InChI is InChI=1S/C25H26FN3OS/c26-19-13-11-18(12-14-19)24-20-8-2-3-9-21(20)25(28-27-24)31-16-23(30)29-15-5-7-17-6-1-4-10-22(17)29/h2-3,8-9,11-14,17,22H,1,4-7,10,15-16H2. The number of carbonyl (C=O) groups excluding carboxylic acids is 1. The van der Waals surface area contributed by atoms with Gasteiger partial charge >= 0.3 is 0 Å². The summed E-state index contributed by atoms with van der Waals surface area (Å²) in [5, 5.41) is 11.6. The summed E-state index contributed by atoms with van der Waals surface area (Å²) in [5.74, 6) is 1.02. The minimum Gasteiger partial charge on any atom is -0.339 e. The molecule has 5 rings (SSSR count). The topological polar surface area (TPSA) is 46.1 Å². The molecule has 0 bridgehead atoms. The van der Waals surface area contributed by atoms with Crippen molar-refractivity contribution in [3.8, 4) is 11.3 Å². The summed E-state index contributed by atoms with van der Waals surface area (Å²) in [5.41, 5.74) is 1.56. The lowest BCUT2D eigenvalue weighted by atomic mass is 9.78. The van der Waals surface area contributed by atoms with Gasteiger partial charge in [0, 0.05) is 28.9 Å². The van der Waals surface area contributed by atoms with Gasteiger partial charge < -0.3 is 4.90 Å². The lowest BCUT2D eigenvalue weighted by Crippen LogP contribution is -2.50. The monoisotopic (exact) mass is 435 g/mol. The van der Waals surface area contributed by atoms with Crippen molar-refractivity contribution in [1.82, 2.24) is 15.1 Å². The molecule has 2 heterocycles. The summed E-state index contributed by atoms with van der Waals surface area (Å²) >= 11 is 1.47. The van der Waals surface area contributed by atoms with Crippen molar-refractivity contribution in [1.29, 1.82) is 0 Å². The van der Waals surface area contributed by atoms with Gasteiger partial charge in [-0.1, -0.05) is 48.9 Å². The van der Waals surface area contributed by atoms with Crippen molar-refractivity contribution in [2.45, 2.75) is 49.6 Å². The lowest BCUT2D eigenvalue weighted by Gasteiger charge is -2.44. The summed E-state index contributed by atoms with van der Waals surface area (Å²) in [6, 6.07) is 14.7. The molecule has 3 aromatic rings. The van der Waals surface area contributed by atoms with Gasteiger partial charge in [-0.3, -0.25) is 4.79 Å². The first kappa shape index (κ1) is 20.4. The van der Waals surface area contributed by atoms with E-state index >= 15 is 0 Å². The molecule has 0 N–H and O–H groups in total. The van der Waals surface area contributed by atoms with Gasteiger partial charge in [0.2, 0.25) is 5.91 Å². The Kier molecular flexibility index (Phi) is 5.90. The number of thioether (sulfide) groups is 1. The van der Waals surface area contributed by atoms with E-state index in [1.807, 2.05) is 24.3 Å². The predicted octanol–water partition coefficient (Wildman–Crippen LogP) is 5.71. The molecule has 31 heavy (non-hydrogen) atoms. The zero-order valence-electron chi connectivity index (χ0n) is 17.5. The first-order valence-electron chi connectivity index (χ1n) is 11.1. The minimum absolute atomic E-state index is 0.218. The molecule has 0 radical (unpaired) electrons. The lowest BCUT2D eigenvalue weighted by molar-refractivity contribution is -0.134. The van der Waals surface area contributed by atoms with Crippen molar-refractivity contribution in [3.63, 3.8) is 0 Å². The number of carbonyl (C=O) groups is 1. The van der Waals surface area contributed by atoms with Crippen LogP contribution in [0, 0.1) is 11.7 Å². The maximum atomic E-state index is 13.3. The molecule has 1 aliphatic carbocycles. The molecule has 0 spiro atoms. The summed E-state index contributed by atoms with van der Waals surface area (Å²) in [7, 11) is 0. The number of hydrogen-bond acceptors (Lipinski definition) is 4. The number of nitrogens with zero attached hydrogens (tertiary/aromatic N) is 3. The van der Waals surface area contributed by atoms with E-state index in [1.165, 1.54) is 49.6 Å². The molecule has 1 saturated heterocycles. The molecular weight excluding hydrogens is 409 g/mol. The molecule has 2 unspecified atom stereocenters. The first-order chi connectivity index (χ1) is 15.2. The van der Waals surface area contributed by atoms with Crippen molar-refractivity contribution in [3.05, 3.63) is 54.3 Å². The summed E-state index contributed by atoms with van der Waals surface area (Å²) in [4.78, 5) is 15.2. The highest BCUT2D eigenvalue weighted by Gasteiger charge is 2.35. The van der Waals surface area contributed by atoms with Gasteiger partial charge in [0.1, 0.15) is 16.5 Å². The molecule has 2 fully saturated rings. The van der Waals surface area contributed by atoms with Crippen molar-refractivity contribution in [2.24, 2.45) is 5.92 Å². The van der Waals surface area contributed by atoms with Gasteiger partial charge in [0.05, 0.1) is 5.75 Å². The third-order valence-electron chi connectivity index (χ3n) is 6.67. The smallest absolute Gasteiger partial charge is 0.233 e. The van der Waals surface area contributed by atoms with Crippen molar-refractivity contribution in [2.75, 3.05) is 12.3 Å². The molecule has 4 nitrogen and oxygen atoms in total. The van der Waals surface area contributed by atoms with E-state index in [0.717, 1.165) is 46.4 Å². The van der Waals surface area contributed by atoms with Gasteiger partial charge in [-0.05, 0) is 55.9 Å². The van der Waals surface area contributed by atoms with Crippen LogP contribution in [0.15, 0.2) is 53.6 Å². The molecule has 2 aliphatic rings. The normalized spacial score (nSPS) is 21.1. The number of benzene rings is 2. The second-order valence-corrected chi connectivity index (χ2v) is 9.50. The van der Waals surface area contributed by atoms with Gasteiger partial charge in [-0.25, -0.2) is 4.39 Å². The second-order valence-electron chi connectivity index (χ2n) is 8.54. The maximum Gasteiger partial charge on any atom is 0.233 e. The molecule has 1 aromatic heterocycles. The van der Waals surface area contributed by atoms with Crippen LogP contribution >= 0.6 is 11.8 Å². The number of likely N-dealkylation sites (tertiary alicyclic amines) is 1. The first-order valence-corrected chi connectivity index (χ1v) is 12.1. The Bertz CT molecular complexity index is 1090. The van der Waals surface area contributed by atoms with Gasteiger partial charge in [-0.2, -0.15) is 0 Å². The Morgan fingerprint density at radius 2 is 1.71 bits per heavy atom. The Morgan fingerprint density at radius 1 is 0.968 bits per heavy atom. The molecular formula is C25H26FN3OS. The van der Waals surface area contributed by atoms with Crippen molar-refractivity contribution >= 4 is 28.4 Å². The molecule has 1 aliphatic heterocycles.